The van der Waals surface area contributed by atoms with Crippen LogP contribution in [0, 0.1) is 0 Å². The molecule has 174 valence electrons. The second-order valence-corrected chi connectivity index (χ2v) is 16.3. The van der Waals surface area contributed by atoms with Gasteiger partial charge >= 0.3 is 0 Å². The van der Waals surface area contributed by atoms with Gasteiger partial charge in [-0.15, -0.1) is 0 Å². The number of benzene rings is 2. The van der Waals surface area contributed by atoms with Crippen molar-refractivity contribution in [1.29, 1.82) is 0 Å². The molecule has 0 amide bonds. The number of rotatable bonds is 9. The van der Waals surface area contributed by atoms with Crippen molar-refractivity contribution >= 4 is 65.1 Å². The fraction of sp³-hybridized carbons (Fsp3) is 0.250. The molecule has 0 fully saturated rings. The first kappa shape index (κ1) is 26.0. The van der Waals surface area contributed by atoms with Crippen LogP contribution in [-0.4, -0.2) is 26.0 Å². The second-order valence-electron chi connectivity index (χ2n) is 8.62. The first-order valence-electron chi connectivity index (χ1n) is 10.2. The molecule has 0 saturated carbocycles. The van der Waals surface area contributed by atoms with E-state index in [1.54, 1.807) is 0 Å². The maximum atomic E-state index is 11.5. The summed E-state index contributed by atoms with van der Waals surface area (Å²) in [6, 6.07) is 13.7. The van der Waals surface area contributed by atoms with Crippen LogP contribution in [0.25, 0.3) is 11.1 Å². The predicted molar refractivity (Wildman–Crippen MR) is 142 cm³/mol. The fourth-order valence-electron chi connectivity index (χ4n) is 2.98. The Hall–Kier alpha value is -1.57. The van der Waals surface area contributed by atoms with E-state index in [2.05, 4.69) is 40.6 Å². The topological polar surface area (TPSA) is 48.4 Å². The highest BCUT2D eigenvalue weighted by Gasteiger charge is 2.18. The molecule has 1 aromatic heterocycles. The molecule has 0 saturated heterocycles. The van der Waals surface area contributed by atoms with Crippen molar-refractivity contribution in [1.82, 2.24) is 4.98 Å². The number of ether oxygens (including phenoxy) is 2. The number of aromatic nitrogens is 1. The lowest BCUT2D eigenvalue weighted by atomic mass is 10.0. The van der Waals surface area contributed by atoms with Gasteiger partial charge in [0, 0.05) is 29.2 Å². The summed E-state index contributed by atoms with van der Waals surface area (Å²) in [6.45, 7) is 7.35. The van der Waals surface area contributed by atoms with Gasteiger partial charge in [-0.1, -0.05) is 84.8 Å². The number of hydrogen-bond donors (Lipinski definition) is 0. The quantitative estimate of drug-likeness (QED) is 0.186. The number of pyridine rings is 1. The molecule has 1 heterocycles. The van der Waals surface area contributed by atoms with Gasteiger partial charge in [0.2, 0.25) is 11.8 Å². The summed E-state index contributed by atoms with van der Waals surface area (Å²) >= 11 is 22.9. The number of nitrogens with zero attached hydrogens (tertiary/aromatic N) is 1. The minimum absolute atomic E-state index is 0.125. The fourth-order valence-corrected chi connectivity index (χ4v) is 4.79. The molecule has 0 N–H and O–H groups in total. The van der Waals surface area contributed by atoms with E-state index in [9.17, 15) is 4.79 Å². The molecule has 3 aromatic rings. The van der Waals surface area contributed by atoms with E-state index in [-0.39, 0.29) is 29.0 Å². The lowest BCUT2D eigenvalue weighted by molar-refractivity contribution is 0.111. The van der Waals surface area contributed by atoms with Crippen LogP contribution in [0.3, 0.4) is 0 Å². The van der Waals surface area contributed by atoms with E-state index in [1.807, 2.05) is 36.4 Å². The molecule has 0 spiro atoms. The SMILES string of the molecule is C[Si](C)(C)CCOc1nc(OCc2cccc(-c3cccc(Br)c3Cl)c2Cl)c(Cl)cc1C=O. The van der Waals surface area contributed by atoms with Crippen LogP contribution in [-0.2, 0) is 6.61 Å². The summed E-state index contributed by atoms with van der Waals surface area (Å²) in [5.41, 5.74) is 2.62. The van der Waals surface area contributed by atoms with Gasteiger partial charge in [-0.3, -0.25) is 4.79 Å². The van der Waals surface area contributed by atoms with E-state index >= 15 is 0 Å². The Morgan fingerprint density at radius 2 is 1.64 bits per heavy atom. The van der Waals surface area contributed by atoms with Gasteiger partial charge in [0.15, 0.2) is 6.29 Å². The van der Waals surface area contributed by atoms with Crippen molar-refractivity contribution in [3.8, 4) is 22.9 Å². The van der Waals surface area contributed by atoms with Gasteiger partial charge in [0.1, 0.15) is 11.6 Å². The van der Waals surface area contributed by atoms with Crippen LogP contribution in [0.1, 0.15) is 15.9 Å². The van der Waals surface area contributed by atoms with Crippen molar-refractivity contribution in [2.75, 3.05) is 6.61 Å². The van der Waals surface area contributed by atoms with Crippen LogP contribution >= 0.6 is 50.7 Å². The first-order chi connectivity index (χ1) is 15.6. The summed E-state index contributed by atoms with van der Waals surface area (Å²) in [7, 11) is -1.30. The summed E-state index contributed by atoms with van der Waals surface area (Å²) in [6.07, 6.45) is 0.675. The average molecular weight is 588 g/mol. The third-order valence-electron chi connectivity index (χ3n) is 4.84. The molecule has 0 bridgehead atoms. The number of hydrogen-bond acceptors (Lipinski definition) is 4. The Labute approximate surface area is 218 Å². The Bertz CT molecular complexity index is 1170. The van der Waals surface area contributed by atoms with Gasteiger partial charge in [-0.2, -0.15) is 4.98 Å². The highest BCUT2D eigenvalue weighted by Crippen LogP contribution is 2.39. The maximum Gasteiger partial charge on any atom is 0.236 e. The second kappa shape index (κ2) is 11.2. The minimum atomic E-state index is -1.30. The molecule has 0 unspecified atom stereocenters. The Kier molecular flexibility index (Phi) is 8.87. The molecule has 3 rings (SSSR count). The van der Waals surface area contributed by atoms with Gasteiger partial charge in [0.05, 0.1) is 22.2 Å². The summed E-state index contributed by atoms with van der Waals surface area (Å²) in [5, 5.41) is 1.31. The van der Waals surface area contributed by atoms with Gasteiger partial charge in [0.25, 0.3) is 0 Å². The van der Waals surface area contributed by atoms with E-state index in [4.69, 9.17) is 44.3 Å². The third kappa shape index (κ3) is 6.73. The van der Waals surface area contributed by atoms with Crippen LogP contribution in [0.15, 0.2) is 46.9 Å². The first-order valence-corrected chi connectivity index (χ1v) is 15.9. The van der Waals surface area contributed by atoms with Crippen molar-refractivity contribution in [3.63, 3.8) is 0 Å². The smallest absolute Gasteiger partial charge is 0.236 e. The number of aldehydes is 1. The van der Waals surface area contributed by atoms with E-state index in [0.29, 0.717) is 22.9 Å². The average Bonchev–Trinajstić information content (AvgIpc) is 2.75. The lowest BCUT2D eigenvalue weighted by Crippen LogP contribution is -2.22. The molecule has 2 aromatic carbocycles. The number of halogens is 4. The van der Waals surface area contributed by atoms with Crippen molar-refractivity contribution in [2.24, 2.45) is 0 Å². The highest BCUT2D eigenvalue weighted by atomic mass is 79.9. The van der Waals surface area contributed by atoms with Crippen LogP contribution in [0.2, 0.25) is 40.8 Å². The van der Waals surface area contributed by atoms with Crippen LogP contribution < -0.4 is 9.47 Å². The van der Waals surface area contributed by atoms with E-state index < -0.39 is 8.07 Å². The van der Waals surface area contributed by atoms with Crippen molar-refractivity contribution in [2.45, 2.75) is 32.3 Å². The summed E-state index contributed by atoms with van der Waals surface area (Å²) in [4.78, 5) is 15.8. The lowest BCUT2D eigenvalue weighted by Gasteiger charge is -2.17. The van der Waals surface area contributed by atoms with Gasteiger partial charge < -0.3 is 9.47 Å². The van der Waals surface area contributed by atoms with Gasteiger partial charge in [-0.05, 0) is 34.1 Å². The van der Waals surface area contributed by atoms with E-state index in [0.717, 1.165) is 27.2 Å². The molecule has 0 aliphatic rings. The zero-order chi connectivity index (χ0) is 24.2. The highest BCUT2D eigenvalue weighted by molar-refractivity contribution is 9.10. The van der Waals surface area contributed by atoms with E-state index in [1.165, 1.54) is 6.07 Å². The monoisotopic (exact) mass is 585 g/mol. The number of carbonyl (C=O) groups excluding carboxylic acids is 1. The summed E-state index contributed by atoms with van der Waals surface area (Å²) in [5.74, 6) is 0.385. The van der Waals surface area contributed by atoms with Crippen molar-refractivity contribution in [3.05, 3.63) is 73.1 Å². The van der Waals surface area contributed by atoms with Crippen LogP contribution in [0.4, 0.5) is 0 Å². The summed E-state index contributed by atoms with van der Waals surface area (Å²) < 4.78 is 12.4. The minimum Gasteiger partial charge on any atom is -0.477 e. The molecule has 0 aliphatic heterocycles. The molecule has 0 radical (unpaired) electrons. The molecule has 33 heavy (non-hydrogen) atoms. The Morgan fingerprint density at radius 1 is 0.970 bits per heavy atom. The normalized spacial score (nSPS) is 11.4. The molecule has 9 heteroatoms. The standard InChI is InChI=1S/C24H23BrCl3NO3Si/c1-33(2,3)11-10-31-23-16(13-30)12-20(26)24(29-23)32-14-15-6-4-7-17(21(15)27)18-8-5-9-19(25)22(18)28/h4-9,12-13H,10-11,14H2,1-3H3. The molecular formula is C24H23BrCl3NO3Si. The van der Waals surface area contributed by atoms with Gasteiger partial charge in [-0.25, -0.2) is 0 Å². The largest absolute Gasteiger partial charge is 0.477 e. The Morgan fingerprint density at radius 3 is 2.30 bits per heavy atom. The Balaban J connectivity index is 1.83. The maximum absolute atomic E-state index is 11.5. The molecular weight excluding hydrogens is 565 g/mol. The zero-order valence-corrected chi connectivity index (χ0v) is 23.3. The molecule has 0 atom stereocenters. The molecule has 0 aliphatic carbocycles. The van der Waals surface area contributed by atoms with Crippen molar-refractivity contribution < 1.29 is 14.3 Å². The van der Waals surface area contributed by atoms with Crippen LogP contribution in [0.5, 0.6) is 11.8 Å². The predicted octanol–water partition coefficient (Wildman–Crippen LogP) is 8.58. The third-order valence-corrected chi connectivity index (χ3v) is 8.56. The zero-order valence-electron chi connectivity index (χ0n) is 18.4. The number of carbonyl (C=O) groups is 1. The molecule has 4 nitrogen and oxygen atoms in total.